The first-order valence-electron chi connectivity index (χ1n) is 8.64. The second-order valence-corrected chi connectivity index (χ2v) is 6.15. The molecule has 5 heteroatoms. The van der Waals surface area contributed by atoms with E-state index in [-0.39, 0.29) is 0 Å². The maximum Gasteiger partial charge on any atom is 0.193 e. The molecule has 1 aliphatic rings. The van der Waals surface area contributed by atoms with E-state index in [1.165, 1.54) is 24.0 Å². The normalized spacial score (nSPS) is 13.6. The van der Waals surface area contributed by atoms with Gasteiger partial charge in [-0.3, -0.25) is 0 Å². The molecule has 0 atom stereocenters. The summed E-state index contributed by atoms with van der Waals surface area (Å²) in [5.41, 5.74) is 10.9. The molecule has 0 unspecified atom stereocenters. The van der Waals surface area contributed by atoms with Gasteiger partial charge in [0.05, 0.1) is 13.2 Å². The number of guanidine groups is 1. The minimum atomic E-state index is 0.420. The molecule has 0 aliphatic heterocycles. The van der Waals surface area contributed by atoms with Gasteiger partial charge in [-0.05, 0) is 60.2 Å². The van der Waals surface area contributed by atoms with Crippen LogP contribution < -0.4 is 15.8 Å². The highest BCUT2D eigenvalue weighted by atomic mass is 16.5. The monoisotopic (exact) mass is 339 g/mol. The van der Waals surface area contributed by atoms with Crippen LogP contribution in [0, 0.1) is 0 Å². The van der Waals surface area contributed by atoms with Crippen LogP contribution in [0.3, 0.4) is 0 Å². The molecule has 0 radical (unpaired) electrons. The van der Waals surface area contributed by atoms with E-state index >= 15 is 0 Å². The summed E-state index contributed by atoms with van der Waals surface area (Å²) in [6, 6.07) is 14.3. The van der Waals surface area contributed by atoms with Crippen LogP contribution in [0.2, 0.25) is 0 Å². The first kappa shape index (κ1) is 17.3. The van der Waals surface area contributed by atoms with Gasteiger partial charge in [0.1, 0.15) is 12.4 Å². The van der Waals surface area contributed by atoms with Crippen LogP contribution in [0.15, 0.2) is 47.5 Å². The highest BCUT2D eigenvalue weighted by Crippen LogP contribution is 2.24. The Morgan fingerprint density at radius 1 is 1.12 bits per heavy atom. The number of ether oxygens (including phenoxy) is 2. The number of hydrogen-bond donors (Lipinski definition) is 2. The number of fused-ring (bicyclic) bond motifs is 1. The van der Waals surface area contributed by atoms with Crippen LogP contribution in [-0.2, 0) is 24.1 Å². The Bertz CT molecular complexity index is 743. The third-order valence-electron chi connectivity index (χ3n) is 4.26. The maximum atomic E-state index is 6.03. The Morgan fingerprint density at radius 3 is 2.88 bits per heavy atom. The number of nitrogens with two attached hydrogens (primary N) is 1. The lowest BCUT2D eigenvalue weighted by Gasteiger charge is -2.09. The van der Waals surface area contributed by atoms with E-state index in [1.54, 1.807) is 7.11 Å². The minimum absolute atomic E-state index is 0.420. The molecule has 1 aliphatic carbocycles. The average molecular weight is 339 g/mol. The van der Waals surface area contributed by atoms with Crippen molar-refractivity contribution in [2.24, 2.45) is 10.7 Å². The van der Waals surface area contributed by atoms with Gasteiger partial charge in [0.15, 0.2) is 5.96 Å². The number of nitrogens with zero attached hydrogens (tertiary/aromatic N) is 1. The fourth-order valence-electron chi connectivity index (χ4n) is 2.99. The standard InChI is InChI=1S/C20H25N3O2/c1-24-10-11-25-19-7-2-4-15(12-19)14-22-20(21)23-18-9-8-16-5-3-6-17(16)13-18/h2,4,7-9,12-13H,3,5-6,10-11,14H2,1H3,(H3,21,22,23). The minimum Gasteiger partial charge on any atom is -0.491 e. The van der Waals surface area contributed by atoms with Gasteiger partial charge in [0.25, 0.3) is 0 Å². The molecular weight excluding hydrogens is 314 g/mol. The van der Waals surface area contributed by atoms with E-state index in [0.717, 1.165) is 23.4 Å². The number of benzene rings is 2. The molecule has 0 amide bonds. The predicted molar refractivity (Wildman–Crippen MR) is 101 cm³/mol. The van der Waals surface area contributed by atoms with Crippen molar-refractivity contribution in [2.75, 3.05) is 25.6 Å². The molecular formula is C20H25N3O2. The van der Waals surface area contributed by atoms with Crippen molar-refractivity contribution in [3.8, 4) is 5.75 Å². The van der Waals surface area contributed by atoms with Crippen LogP contribution in [0.5, 0.6) is 5.75 Å². The van der Waals surface area contributed by atoms with E-state index in [2.05, 4.69) is 28.5 Å². The van der Waals surface area contributed by atoms with E-state index in [4.69, 9.17) is 15.2 Å². The summed E-state index contributed by atoms with van der Waals surface area (Å²) < 4.78 is 10.6. The van der Waals surface area contributed by atoms with Gasteiger partial charge in [-0.25, -0.2) is 4.99 Å². The van der Waals surface area contributed by atoms with Gasteiger partial charge >= 0.3 is 0 Å². The Kier molecular flexibility index (Phi) is 5.90. The first-order valence-corrected chi connectivity index (χ1v) is 8.64. The number of rotatable bonds is 7. The van der Waals surface area contributed by atoms with Gasteiger partial charge in [-0.15, -0.1) is 0 Å². The molecule has 0 saturated carbocycles. The quantitative estimate of drug-likeness (QED) is 0.462. The Balaban J connectivity index is 1.57. The number of aryl methyl sites for hydroxylation is 2. The number of nitrogens with one attached hydrogen (secondary N) is 1. The molecule has 0 spiro atoms. The summed E-state index contributed by atoms with van der Waals surface area (Å²) in [5.74, 6) is 1.23. The van der Waals surface area contributed by atoms with Crippen molar-refractivity contribution >= 4 is 11.6 Å². The topological polar surface area (TPSA) is 68.9 Å². The van der Waals surface area contributed by atoms with Crippen molar-refractivity contribution in [1.29, 1.82) is 0 Å². The maximum absolute atomic E-state index is 6.03. The zero-order valence-corrected chi connectivity index (χ0v) is 14.6. The number of methoxy groups -OCH3 is 1. The fraction of sp³-hybridized carbons (Fsp3) is 0.350. The molecule has 0 heterocycles. The molecule has 0 aromatic heterocycles. The molecule has 2 aromatic rings. The van der Waals surface area contributed by atoms with Crippen molar-refractivity contribution in [3.05, 3.63) is 59.2 Å². The summed E-state index contributed by atoms with van der Waals surface area (Å²) in [7, 11) is 1.66. The number of aliphatic imine (C=N–C) groups is 1. The lowest BCUT2D eigenvalue weighted by Crippen LogP contribution is -2.22. The third kappa shape index (κ3) is 4.97. The summed E-state index contributed by atoms with van der Waals surface area (Å²) >= 11 is 0. The van der Waals surface area contributed by atoms with Crippen molar-refractivity contribution in [2.45, 2.75) is 25.8 Å². The number of anilines is 1. The van der Waals surface area contributed by atoms with Gasteiger partial charge in [0, 0.05) is 12.8 Å². The van der Waals surface area contributed by atoms with Crippen LogP contribution in [0.25, 0.3) is 0 Å². The molecule has 132 valence electrons. The van der Waals surface area contributed by atoms with E-state index in [0.29, 0.717) is 25.7 Å². The van der Waals surface area contributed by atoms with Crippen molar-refractivity contribution < 1.29 is 9.47 Å². The first-order chi connectivity index (χ1) is 12.2. The number of hydrogen-bond acceptors (Lipinski definition) is 3. The molecule has 5 nitrogen and oxygen atoms in total. The second-order valence-electron chi connectivity index (χ2n) is 6.15. The van der Waals surface area contributed by atoms with Crippen LogP contribution in [0.4, 0.5) is 5.69 Å². The summed E-state index contributed by atoms with van der Waals surface area (Å²) in [6.45, 7) is 1.61. The van der Waals surface area contributed by atoms with E-state index in [1.807, 2.05) is 24.3 Å². The van der Waals surface area contributed by atoms with Gasteiger partial charge in [0.2, 0.25) is 0 Å². The van der Waals surface area contributed by atoms with Gasteiger partial charge < -0.3 is 20.5 Å². The highest BCUT2D eigenvalue weighted by molar-refractivity contribution is 5.92. The lowest BCUT2D eigenvalue weighted by atomic mass is 10.1. The zero-order chi connectivity index (χ0) is 17.5. The largest absolute Gasteiger partial charge is 0.491 e. The molecule has 0 bridgehead atoms. The lowest BCUT2D eigenvalue weighted by molar-refractivity contribution is 0.146. The molecule has 0 fully saturated rings. The molecule has 3 N–H and O–H groups in total. The Labute approximate surface area is 148 Å². The third-order valence-corrected chi connectivity index (χ3v) is 4.26. The Morgan fingerprint density at radius 2 is 2.00 bits per heavy atom. The van der Waals surface area contributed by atoms with Gasteiger partial charge in [-0.1, -0.05) is 18.2 Å². The fourth-order valence-corrected chi connectivity index (χ4v) is 2.99. The van der Waals surface area contributed by atoms with E-state index < -0.39 is 0 Å². The van der Waals surface area contributed by atoms with E-state index in [9.17, 15) is 0 Å². The summed E-state index contributed by atoms with van der Waals surface area (Å²) in [6.07, 6.45) is 3.57. The van der Waals surface area contributed by atoms with Crippen LogP contribution in [0.1, 0.15) is 23.1 Å². The SMILES string of the molecule is COCCOc1cccc(CN=C(N)Nc2ccc3c(c2)CCC3)c1. The molecule has 25 heavy (non-hydrogen) atoms. The van der Waals surface area contributed by atoms with Crippen molar-refractivity contribution in [1.82, 2.24) is 0 Å². The molecule has 3 rings (SSSR count). The smallest absolute Gasteiger partial charge is 0.193 e. The highest BCUT2D eigenvalue weighted by Gasteiger charge is 2.10. The second kappa shape index (κ2) is 8.53. The molecule has 2 aromatic carbocycles. The molecule has 0 saturated heterocycles. The average Bonchev–Trinajstić information content (AvgIpc) is 3.08. The van der Waals surface area contributed by atoms with Crippen molar-refractivity contribution in [3.63, 3.8) is 0 Å². The summed E-state index contributed by atoms with van der Waals surface area (Å²) in [4.78, 5) is 4.42. The summed E-state index contributed by atoms with van der Waals surface area (Å²) in [5, 5.41) is 3.18. The van der Waals surface area contributed by atoms with Gasteiger partial charge in [-0.2, -0.15) is 0 Å². The van der Waals surface area contributed by atoms with Crippen LogP contribution >= 0.6 is 0 Å². The zero-order valence-electron chi connectivity index (χ0n) is 14.6. The van der Waals surface area contributed by atoms with Crippen LogP contribution in [-0.4, -0.2) is 26.3 Å². The predicted octanol–water partition coefficient (Wildman–Crippen LogP) is 3.13. The Hall–Kier alpha value is -2.53.